The first-order chi connectivity index (χ1) is 7.41. The maximum absolute atomic E-state index is 11.2. The zero-order valence-corrected chi connectivity index (χ0v) is 9.91. The number of rotatable bonds is 4. The van der Waals surface area contributed by atoms with E-state index in [0.717, 1.165) is 5.56 Å². The second-order valence-electron chi connectivity index (χ2n) is 3.73. The number of carboxylic acids is 1. The zero-order chi connectivity index (χ0) is 12.3. The highest BCUT2D eigenvalue weighted by molar-refractivity contribution is 6.30. The Morgan fingerprint density at radius 2 is 2.06 bits per heavy atom. The second-order valence-corrected chi connectivity index (χ2v) is 4.17. The highest BCUT2D eigenvalue weighted by Gasteiger charge is 2.16. The summed E-state index contributed by atoms with van der Waals surface area (Å²) in [5.74, 6) is -1.04. The molecule has 16 heavy (non-hydrogen) atoms. The maximum Gasteiger partial charge on any atom is 0.307 e. The Hall–Kier alpha value is -1.35. The van der Waals surface area contributed by atoms with E-state index in [2.05, 4.69) is 0 Å². The number of benzene rings is 1. The molecule has 1 aromatic carbocycles. The van der Waals surface area contributed by atoms with E-state index >= 15 is 0 Å². The molecule has 0 fully saturated rings. The Morgan fingerprint density at radius 1 is 1.44 bits per heavy atom. The fraction of sp³-hybridized carbons (Fsp3) is 0.333. The van der Waals surface area contributed by atoms with Crippen molar-refractivity contribution in [2.75, 3.05) is 0 Å². The number of hydrogen-bond donors (Lipinski definition) is 1. The fourth-order valence-electron chi connectivity index (χ4n) is 1.47. The minimum atomic E-state index is -0.899. The summed E-state index contributed by atoms with van der Waals surface area (Å²) < 4.78 is 0. The van der Waals surface area contributed by atoms with E-state index in [4.69, 9.17) is 16.7 Å². The molecule has 1 unspecified atom stereocenters. The van der Waals surface area contributed by atoms with Gasteiger partial charge in [-0.1, -0.05) is 18.2 Å². The van der Waals surface area contributed by atoms with Crippen molar-refractivity contribution in [1.29, 1.82) is 0 Å². The van der Waals surface area contributed by atoms with E-state index in [1.165, 1.54) is 6.92 Å². The van der Waals surface area contributed by atoms with Crippen LogP contribution in [0.1, 0.15) is 29.0 Å². The summed E-state index contributed by atoms with van der Waals surface area (Å²) in [6, 6.07) is 5.20. The van der Waals surface area contributed by atoms with Gasteiger partial charge in [0.2, 0.25) is 0 Å². The summed E-state index contributed by atoms with van der Waals surface area (Å²) in [6.45, 7) is 3.26. The third kappa shape index (κ3) is 3.07. The lowest BCUT2D eigenvalue weighted by atomic mass is 9.99. The average molecular weight is 241 g/mol. The number of Topliss-reactive ketones (excluding diaryl/α,β-unsaturated/α-hetero) is 1. The van der Waals surface area contributed by atoms with Crippen LogP contribution in [0.2, 0.25) is 0 Å². The molecule has 1 atom stereocenters. The first-order valence-electron chi connectivity index (χ1n) is 4.87. The molecule has 0 bridgehead atoms. The average Bonchev–Trinajstić information content (AvgIpc) is 2.19. The monoisotopic (exact) mass is 240 g/mol. The van der Waals surface area contributed by atoms with Crippen molar-refractivity contribution in [2.24, 2.45) is 0 Å². The normalized spacial score (nSPS) is 12.2. The highest BCUT2D eigenvalue weighted by Crippen LogP contribution is 2.25. The maximum atomic E-state index is 11.2. The molecule has 1 rings (SSSR count). The number of ketones is 1. The van der Waals surface area contributed by atoms with Gasteiger partial charge in [-0.25, -0.2) is 0 Å². The van der Waals surface area contributed by atoms with Crippen molar-refractivity contribution in [2.45, 2.75) is 25.6 Å². The molecule has 3 nitrogen and oxygen atoms in total. The van der Waals surface area contributed by atoms with Crippen LogP contribution in [0.25, 0.3) is 0 Å². The Morgan fingerprint density at radius 3 is 2.56 bits per heavy atom. The smallest absolute Gasteiger partial charge is 0.307 e. The quantitative estimate of drug-likeness (QED) is 0.823. The number of carbonyl (C=O) groups is 2. The van der Waals surface area contributed by atoms with Crippen LogP contribution in [0.4, 0.5) is 0 Å². The van der Waals surface area contributed by atoms with E-state index in [1.54, 1.807) is 18.2 Å². The number of halogens is 1. The Labute approximate surface area is 99.0 Å². The molecule has 0 aliphatic carbocycles. The Kier molecular flexibility index (Phi) is 4.07. The first-order valence-corrected chi connectivity index (χ1v) is 5.31. The molecule has 0 saturated heterocycles. The zero-order valence-electron chi connectivity index (χ0n) is 9.16. The topological polar surface area (TPSA) is 54.4 Å². The van der Waals surface area contributed by atoms with Gasteiger partial charge >= 0.3 is 5.97 Å². The lowest BCUT2D eigenvalue weighted by Gasteiger charge is -2.11. The molecule has 1 N–H and O–H groups in total. The van der Waals surface area contributed by atoms with E-state index in [1.807, 2.05) is 6.92 Å². The summed E-state index contributed by atoms with van der Waals surface area (Å²) in [7, 11) is 0. The number of alkyl halides is 1. The molecule has 0 aliphatic heterocycles. The van der Waals surface area contributed by atoms with Crippen molar-refractivity contribution in [1.82, 2.24) is 0 Å². The largest absolute Gasteiger partial charge is 0.481 e. The van der Waals surface area contributed by atoms with Gasteiger partial charge in [0.15, 0.2) is 5.78 Å². The summed E-state index contributed by atoms with van der Waals surface area (Å²) in [4.78, 5) is 21.8. The van der Waals surface area contributed by atoms with Gasteiger partial charge in [-0.2, -0.15) is 0 Å². The number of hydrogen-bond acceptors (Lipinski definition) is 2. The number of aliphatic carboxylic acids is 1. The van der Waals surface area contributed by atoms with Gasteiger partial charge in [0.1, 0.15) is 5.38 Å². The fourth-order valence-corrected chi connectivity index (χ4v) is 1.70. The summed E-state index contributed by atoms with van der Waals surface area (Å²) in [6.07, 6.45) is -0.0607. The van der Waals surface area contributed by atoms with Gasteiger partial charge in [0, 0.05) is 0 Å². The van der Waals surface area contributed by atoms with Crippen molar-refractivity contribution in [3.63, 3.8) is 0 Å². The number of carbonyl (C=O) groups excluding carboxylic acids is 1. The Bertz CT molecular complexity index is 426. The van der Waals surface area contributed by atoms with Crippen LogP contribution in [0.15, 0.2) is 18.2 Å². The molecule has 0 aliphatic rings. The first kappa shape index (κ1) is 12.7. The minimum Gasteiger partial charge on any atom is -0.481 e. The van der Waals surface area contributed by atoms with E-state index < -0.39 is 11.3 Å². The van der Waals surface area contributed by atoms with E-state index in [9.17, 15) is 9.59 Å². The van der Waals surface area contributed by atoms with Gasteiger partial charge < -0.3 is 5.11 Å². The third-order valence-corrected chi connectivity index (χ3v) is 2.87. The standard InChI is InChI=1S/C12H13ClO3/c1-7-3-4-9(6-11(15)16)5-10(7)12(13)8(2)14/h3-5,12H,6H2,1-2H3,(H,15,16). The molecule has 0 saturated carbocycles. The Balaban J connectivity index is 3.08. The molecule has 0 spiro atoms. The molecular formula is C12H13ClO3. The van der Waals surface area contributed by atoms with Crippen LogP contribution in [0.5, 0.6) is 0 Å². The van der Waals surface area contributed by atoms with Crippen LogP contribution in [0, 0.1) is 6.92 Å². The number of aryl methyl sites for hydroxylation is 1. The minimum absolute atomic E-state index is 0.0607. The van der Waals surface area contributed by atoms with Gasteiger partial charge in [-0.05, 0) is 30.5 Å². The van der Waals surface area contributed by atoms with Crippen LogP contribution in [0.3, 0.4) is 0 Å². The van der Waals surface area contributed by atoms with Crippen LogP contribution >= 0.6 is 11.6 Å². The lowest BCUT2D eigenvalue weighted by Crippen LogP contribution is -2.06. The second kappa shape index (κ2) is 5.12. The molecule has 4 heteroatoms. The molecule has 0 radical (unpaired) electrons. The van der Waals surface area contributed by atoms with E-state index in [-0.39, 0.29) is 12.2 Å². The van der Waals surface area contributed by atoms with Gasteiger partial charge in [-0.3, -0.25) is 9.59 Å². The molecule has 1 aromatic rings. The van der Waals surface area contributed by atoms with Gasteiger partial charge in [0.05, 0.1) is 6.42 Å². The van der Waals surface area contributed by atoms with Crippen molar-refractivity contribution >= 4 is 23.4 Å². The lowest BCUT2D eigenvalue weighted by molar-refractivity contribution is -0.136. The molecule has 0 amide bonds. The van der Waals surface area contributed by atoms with E-state index in [0.29, 0.717) is 11.1 Å². The highest BCUT2D eigenvalue weighted by atomic mass is 35.5. The van der Waals surface area contributed by atoms with Crippen molar-refractivity contribution in [3.8, 4) is 0 Å². The number of carboxylic acid groups (broad SMARTS) is 1. The predicted octanol–water partition coefficient (Wildman–Crippen LogP) is 2.49. The molecule has 86 valence electrons. The molecule has 0 heterocycles. The SMILES string of the molecule is CC(=O)C(Cl)c1cc(CC(=O)O)ccc1C. The van der Waals surface area contributed by atoms with Crippen LogP contribution < -0.4 is 0 Å². The van der Waals surface area contributed by atoms with Crippen LogP contribution in [-0.4, -0.2) is 16.9 Å². The predicted molar refractivity (Wildman–Crippen MR) is 61.8 cm³/mol. The molecule has 0 aromatic heterocycles. The summed E-state index contributed by atoms with van der Waals surface area (Å²) >= 11 is 5.96. The summed E-state index contributed by atoms with van der Waals surface area (Å²) in [5.41, 5.74) is 2.23. The van der Waals surface area contributed by atoms with Gasteiger partial charge in [-0.15, -0.1) is 11.6 Å². The third-order valence-electron chi connectivity index (χ3n) is 2.33. The summed E-state index contributed by atoms with van der Waals surface area (Å²) in [5, 5.41) is 7.97. The van der Waals surface area contributed by atoms with Crippen LogP contribution in [-0.2, 0) is 16.0 Å². The van der Waals surface area contributed by atoms with Crippen molar-refractivity contribution < 1.29 is 14.7 Å². The molecular weight excluding hydrogens is 228 g/mol. The van der Waals surface area contributed by atoms with Crippen molar-refractivity contribution in [3.05, 3.63) is 34.9 Å². The van der Waals surface area contributed by atoms with Gasteiger partial charge in [0.25, 0.3) is 0 Å².